The highest BCUT2D eigenvalue weighted by atomic mass is 19.1. The lowest BCUT2D eigenvalue weighted by atomic mass is 10.1. The molecule has 0 unspecified atom stereocenters. The Morgan fingerprint density at radius 2 is 2.10 bits per heavy atom. The number of nitrogens with zero attached hydrogens (tertiary/aromatic N) is 1. The minimum absolute atomic E-state index is 0.240. The molecule has 0 saturated carbocycles. The molecule has 1 aromatic carbocycles. The molecule has 2 rings (SSSR count). The molecule has 0 amide bonds. The van der Waals surface area contributed by atoms with Gasteiger partial charge in [-0.2, -0.15) is 0 Å². The van der Waals surface area contributed by atoms with Gasteiger partial charge >= 0.3 is 5.97 Å². The monoisotopic (exact) mass is 278 g/mol. The Balaban J connectivity index is 2.36. The summed E-state index contributed by atoms with van der Waals surface area (Å²) in [6, 6.07) is 6.17. The van der Waals surface area contributed by atoms with Gasteiger partial charge in [-0.05, 0) is 31.2 Å². The van der Waals surface area contributed by atoms with E-state index in [9.17, 15) is 14.3 Å². The zero-order valence-electron chi connectivity index (χ0n) is 11.2. The van der Waals surface area contributed by atoms with Crippen molar-refractivity contribution >= 4 is 17.3 Å². The highest BCUT2D eigenvalue weighted by molar-refractivity contribution is 6.00. The summed E-state index contributed by atoms with van der Waals surface area (Å²) in [5, 5.41) is 9.19. The summed E-state index contributed by atoms with van der Waals surface area (Å²) in [7, 11) is 1.69. The number of nitrogen functional groups attached to an aromatic ring is 1. The minimum Gasteiger partial charge on any atom is -0.478 e. The number of nitrogens with two attached hydrogens (primary N) is 1. The number of halogens is 1. The van der Waals surface area contributed by atoms with Gasteiger partial charge in [-0.25, -0.2) is 9.18 Å². The Morgan fingerprint density at radius 1 is 1.40 bits per heavy atom. The molecule has 0 atom stereocenters. The summed E-state index contributed by atoms with van der Waals surface area (Å²) in [4.78, 5) is 12.9. The molecule has 0 aliphatic heterocycles. The van der Waals surface area contributed by atoms with Crippen LogP contribution in [0.5, 0.6) is 0 Å². The average Bonchev–Trinajstić information content (AvgIpc) is 2.77. The summed E-state index contributed by atoms with van der Waals surface area (Å²) in [5.41, 5.74) is 5.25. The van der Waals surface area contributed by atoms with Gasteiger partial charge in [0.2, 0.25) is 0 Å². The summed E-state index contributed by atoms with van der Waals surface area (Å²) >= 11 is 0. The second kappa shape index (κ2) is 5.24. The molecule has 20 heavy (non-hydrogen) atoms. The van der Waals surface area contributed by atoms with E-state index in [0.29, 0.717) is 18.0 Å². The summed E-state index contributed by atoms with van der Waals surface area (Å²) in [6.45, 7) is 2.18. The third kappa shape index (κ3) is 2.59. The number of anilines is 2. The number of benzene rings is 1. The fraction of sp³-hybridized carbons (Fsp3) is 0.214. The van der Waals surface area contributed by atoms with Gasteiger partial charge in [-0.15, -0.1) is 0 Å². The van der Waals surface area contributed by atoms with Gasteiger partial charge < -0.3 is 20.2 Å². The first-order valence-corrected chi connectivity index (χ1v) is 5.98. The molecule has 5 nitrogen and oxygen atoms in total. The number of aryl methyl sites for hydroxylation is 1. The zero-order valence-corrected chi connectivity index (χ0v) is 11.2. The van der Waals surface area contributed by atoms with Crippen LogP contribution >= 0.6 is 0 Å². The molecule has 1 heterocycles. The van der Waals surface area contributed by atoms with Crippen molar-refractivity contribution < 1.29 is 18.7 Å². The second-order valence-electron chi connectivity index (χ2n) is 4.53. The van der Waals surface area contributed by atoms with Crippen molar-refractivity contribution in [2.24, 2.45) is 0 Å². The van der Waals surface area contributed by atoms with Gasteiger partial charge in [0.15, 0.2) is 0 Å². The Kier molecular flexibility index (Phi) is 3.65. The van der Waals surface area contributed by atoms with Gasteiger partial charge in [-0.1, -0.05) is 0 Å². The lowest BCUT2D eigenvalue weighted by molar-refractivity contribution is 0.0698. The van der Waals surface area contributed by atoms with Gasteiger partial charge in [0.05, 0.1) is 17.9 Å². The van der Waals surface area contributed by atoms with Gasteiger partial charge in [0, 0.05) is 7.05 Å². The molecule has 0 spiro atoms. The first kappa shape index (κ1) is 13.9. The van der Waals surface area contributed by atoms with E-state index >= 15 is 0 Å². The lowest BCUT2D eigenvalue weighted by Crippen LogP contribution is -2.20. The van der Waals surface area contributed by atoms with E-state index in [4.69, 9.17) is 10.2 Å². The second-order valence-corrected chi connectivity index (χ2v) is 4.53. The highest BCUT2D eigenvalue weighted by Crippen LogP contribution is 2.28. The third-order valence-electron chi connectivity index (χ3n) is 2.98. The van der Waals surface area contributed by atoms with Gasteiger partial charge in [0.1, 0.15) is 22.9 Å². The molecular formula is C14H15FN2O3. The normalized spacial score (nSPS) is 10.6. The van der Waals surface area contributed by atoms with Crippen LogP contribution in [-0.4, -0.2) is 18.1 Å². The van der Waals surface area contributed by atoms with Crippen molar-refractivity contribution in [2.75, 3.05) is 17.7 Å². The van der Waals surface area contributed by atoms with Crippen LogP contribution in [0.4, 0.5) is 15.8 Å². The fourth-order valence-electron chi connectivity index (χ4n) is 2.01. The standard InChI is InChI=1S/C14H15FN2O3/c1-8-3-4-9(20-8)7-17(2)11-6-5-10(15)13(16)12(11)14(18)19/h3-6H,7,16H2,1-2H3,(H,18,19). The lowest BCUT2D eigenvalue weighted by Gasteiger charge is -2.21. The molecule has 6 heteroatoms. The molecule has 0 aliphatic rings. The van der Waals surface area contributed by atoms with Crippen LogP contribution in [0.1, 0.15) is 21.9 Å². The zero-order chi connectivity index (χ0) is 14.9. The number of aromatic carboxylic acids is 1. The predicted molar refractivity (Wildman–Crippen MR) is 73.3 cm³/mol. The van der Waals surface area contributed by atoms with Crippen molar-refractivity contribution in [3.8, 4) is 0 Å². The van der Waals surface area contributed by atoms with E-state index in [1.54, 1.807) is 18.0 Å². The van der Waals surface area contributed by atoms with Crippen molar-refractivity contribution in [1.29, 1.82) is 0 Å². The highest BCUT2D eigenvalue weighted by Gasteiger charge is 2.20. The Labute approximate surface area is 115 Å². The molecule has 0 aliphatic carbocycles. The molecule has 0 radical (unpaired) electrons. The van der Waals surface area contributed by atoms with Crippen LogP contribution in [0.2, 0.25) is 0 Å². The third-order valence-corrected chi connectivity index (χ3v) is 2.98. The van der Waals surface area contributed by atoms with Crippen molar-refractivity contribution in [3.63, 3.8) is 0 Å². The van der Waals surface area contributed by atoms with Crippen LogP contribution < -0.4 is 10.6 Å². The number of carbonyl (C=O) groups is 1. The Bertz CT molecular complexity index is 652. The first-order chi connectivity index (χ1) is 9.40. The van der Waals surface area contributed by atoms with Crippen LogP contribution in [0.3, 0.4) is 0 Å². The summed E-state index contributed by atoms with van der Waals surface area (Å²) < 4.78 is 18.8. The summed E-state index contributed by atoms with van der Waals surface area (Å²) in [6.07, 6.45) is 0. The molecule has 0 bridgehead atoms. The van der Waals surface area contributed by atoms with Crippen molar-refractivity contribution in [3.05, 3.63) is 47.2 Å². The van der Waals surface area contributed by atoms with E-state index in [2.05, 4.69) is 0 Å². The average molecular weight is 278 g/mol. The molecular weight excluding hydrogens is 263 g/mol. The number of carboxylic acid groups (broad SMARTS) is 1. The Morgan fingerprint density at radius 3 is 2.65 bits per heavy atom. The summed E-state index contributed by atoms with van der Waals surface area (Å²) in [5.74, 6) is -0.553. The van der Waals surface area contributed by atoms with E-state index in [1.807, 2.05) is 13.0 Å². The maximum Gasteiger partial charge on any atom is 0.340 e. The van der Waals surface area contributed by atoms with Gasteiger partial charge in [0.25, 0.3) is 0 Å². The number of hydrogen-bond acceptors (Lipinski definition) is 4. The fourth-order valence-corrected chi connectivity index (χ4v) is 2.01. The molecule has 106 valence electrons. The number of furan rings is 1. The quantitative estimate of drug-likeness (QED) is 0.840. The SMILES string of the molecule is Cc1ccc(CN(C)c2ccc(F)c(N)c2C(=O)O)o1. The minimum atomic E-state index is -1.26. The number of hydrogen-bond donors (Lipinski definition) is 2. The van der Waals surface area contributed by atoms with Crippen molar-refractivity contribution in [1.82, 2.24) is 0 Å². The van der Waals surface area contributed by atoms with Crippen LogP contribution in [0, 0.1) is 12.7 Å². The number of carboxylic acids is 1. The van der Waals surface area contributed by atoms with E-state index < -0.39 is 11.8 Å². The molecule has 2 aromatic rings. The number of rotatable bonds is 4. The smallest absolute Gasteiger partial charge is 0.340 e. The van der Waals surface area contributed by atoms with Crippen molar-refractivity contribution in [2.45, 2.75) is 13.5 Å². The van der Waals surface area contributed by atoms with Crippen LogP contribution in [-0.2, 0) is 6.54 Å². The van der Waals surface area contributed by atoms with Gasteiger partial charge in [-0.3, -0.25) is 0 Å². The molecule has 1 aromatic heterocycles. The largest absolute Gasteiger partial charge is 0.478 e. The van der Waals surface area contributed by atoms with Crippen LogP contribution in [0.25, 0.3) is 0 Å². The molecule has 0 fully saturated rings. The molecule has 3 N–H and O–H groups in total. The molecule has 0 saturated heterocycles. The predicted octanol–water partition coefficient (Wildman–Crippen LogP) is 2.64. The Hall–Kier alpha value is -2.50. The van der Waals surface area contributed by atoms with E-state index in [1.165, 1.54) is 6.07 Å². The first-order valence-electron chi connectivity index (χ1n) is 5.98. The topological polar surface area (TPSA) is 79.7 Å². The maximum absolute atomic E-state index is 13.4. The van der Waals surface area contributed by atoms with E-state index in [0.717, 1.165) is 11.8 Å². The van der Waals surface area contributed by atoms with Crippen LogP contribution in [0.15, 0.2) is 28.7 Å². The maximum atomic E-state index is 13.4. The van der Waals surface area contributed by atoms with E-state index in [-0.39, 0.29) is 11.3 Å².